The molecule has 0 unspecified atom stereocenters. The summed E-state index contributed by atoms with van der Waals surface area (Å²) in [6, 6.07) is 3.94. The van der Waals surface area contributed by atoms with Gasteiger partial charge in [-0.15, -0.1) is 11.3 Å². The van der Waals surface area contributed by atoms with Gasteiger partial charge in [0.15, 0.2) is 17.2 Å². The van der Waals surface area contributed by atoms with Crippen molar-refractivity contribution in [1.29, 1.82) is 0 Å². The molecule has 5 aromatic heterocycles. The van der Waals surface area contributed by atoms with Crippen LogP contribution in [-0.4, -0.2) is 59.3 Å². The number of nitrogens with one attached hydrogen (secondary N) is 1. The van der Waals surface area contributed by atoms with Crippen molar-refractivity contribution in [2.24, 2.45) is 7.05 Å². The Hall–Kier alpha value is -3.71. The van der Waals surface area contributed by atoms with E-state index in [1.54, 1.807) is 23.2 Å². The Bertz CT molecular complexity index is 1670. The van der Waals surface area contributed by atoms with Crippen LogP contribution in [0.25, 0.3) is 21.5 Å². The molecule has 0 aliphatic carbocycles. The number of ether oxygens (including phenoxy) is 1. The number of aromatic nitrogens is 7. The number of anilines is 2. The second-order valence-corrected chi connectivity index (χ2v) is 11.7. The van der Waals surface area contributed by atoms with Gasteiger partial charge in [-0.3, -0.25) is 4.68 Å². The van der Waals surface area contributed by atoms with E-state index >= 15 is 0 Å². The van der Waals surface area contributed by atoms with Crippen molar-refractivity contribution in [1.82, 2.24) is 39.2 Å². The van der Waals surface area contributed by atoms with E-state index in [-0.39, 0.29) is 33.9 Å². The van der Waals surface area contributed by atoms with E-state index in [2.05, 4.69) is 62.7 Å². The number of halogens is 2. The third-order valence-electron chi connectivity index (χ3n) is 6.97. The predicted molar refractivity (Wildman–Crippen MR) is 146 cm³/mol. The quantitative estimate of drug-likeness (QED) is 0.281. The van der Waals surface area contributed by atoms with Gasteiger partial charge in [0, 0.05) is 36.8 Å². The number of aryl methyl sites for hydroxylation is 1. The minimum absolute atomic E-state index is 0.0620. The average molecular weight is 554 g/mol. The number of thiazole rings is 1. The molecule has 0 bridgehead atoms. The standard InChI is InChI=1S/C26H29F2N9OS/c1-26(2,3)18-9-19(34-37(18)14-6-7-35(4)12-14)32-25-33-23-21(36(25)5)20(22(27)28)17(11-29-23)38-15-8-16-24(30-10-15)39-13-31-16/h8-11,13-14,22H,6-7,12H2,1-5H3,(H,29,32,33,34)/t14-/m1/s1. The van der Waals surface area contributed by atoms with Gasteiger partial charge >= 0.3 is 0 Å². The highest BCUT2D eigenvalue weighted by molar-refractivity contribution is 7.16. The van der Waals surface area contributed by atoms with Gasteiger partial charge in [0.25, 0.3) is 6.43 Å². The van der Waals surface area contributed by atoms with Gasteiger partial charge in [-0.1, -0.05) is 20.8 Å². The van der Waals surface area contributed by atoms with E-state index in [0.29, 0.717) is 23.0 Å². The molecule has 0 aromatic carbocycles. The fourth-order valence-corrected chi connectivity index (χ4v) is 5.64. The summed E-state index contributed by atoms with van der Waals surface area (Å²) < 4.78 is 38.4. The molecule has 39 heavy (non-hydrogen) atoms. The molecule has 0 saturated carbocycles. The van der Waals surface area contributed by atoms with Crippen LogP contribution in [0.3, 0.4) is 0 Å². The molecule has 6 rings (SSSR count). The molecule has 1 fully saturated rings. The zero-order chi connectivity index (χ0) is 27.5. The highest BCUT2D eigenvalue weighted by atomic mass is 32.1. The van der Waals surface area contributed by atoms with Gasteiger partial charge in [0.1, 0.15) is 21.6 Å². The molecule has 0 radical (unpaired) electrons. The van der Waals surface area contributed by atoms with Crippen LogP contribution >= 0.6 is 11.3 Å². The monoisotopic (exact) mass is 553 g/mol. The summed E-state index contributed by atoms with van der Waals surface area (Å²) in [4.78, 5) is 20.4. The molecule has 1 aliphatic heterocycles. The Labute approximate surface area is 227 Å². The van der Waals surface area contributed by atoms with Gasteiger partial charge in [-0.25, -0.2) is 23.7 Å². The second-order valence-electron chi connectivity index (χ2n) is 10.9. The number of nitrogens with zero attached hydrogens (tertiary/aromatic N) is 8. The topological polar surface area (TPSA) is 98.8 Å². The number of fused-ring (bicyclic) bond motifs is 2. The minimum atomic E-state index is -2.82. The first-order chi connectivity index (χ1) is 18.6. The second kappa shape index (κ2) is 9.49. The minimum Gasteiger partial charge on any atom is -0.453 e. The Morgan fingerprint density at radius 3 is 2.67 bits per heavy atom. The van der Waals surface area contributed by atoms with Crippen LogP contribution in [0.5, 0.6) is 11.5 Å². The maximum Gasteiger partial charge on any atom is 0.269 e. The molecule has 0 amide bonds. The lowest BCUT2D eigenvalue weighted by Crippen LogP contribution is -2.24. The zero-order valence-electron chi connectivity index (χ0n) is 22.3. The molecule has 204 valence electrons. The van der Waals surface area contributed by atoms with E-state index < -0.39 is 6.43 Å². The maximum atomic E-state index is 14.5. The Balaban J connectivity index is 1.36. The number of pyridine rings is 2. The number of likely N-dealkylation sites (tertiary alicyclic amines) is 1. The molecule has 5 aromatic rings. The first kappa shape index (κ1) is 25.6. The lowest BCUT2D eigenvalue weighted by Gasteiger charge is -2.23. The van der Waals surface area contributed by atoms with Crippen molar-refractivity contribution in [3.05, 3.63) is 41.3 Å². The fourth-order valence-electron chi connectivity index (χ4n) is 5.03. The molecule has 0 spiro atoms. The molecule has 1 N–H and O–H groups in total. The molecule has 1 aliphatic rings. The number of alkyl halides is 2. The summed E-state index contributed by atoms with van der Waals surface area (Å²) >= 11 is 1.39. The van der Waals surface area contributed by atoms with E-state index in [9.17, 15) is 8.78 Å². The van der Waals surface area contributed by atoms with Crippen molar-refractivity contribution in [2.75, 3.05) is 25.5 Å². The lowest BCUT2D eigenvalue weighted by atomic mass is 9.91. The Morgan fingerprint density at radius 1 is 1.13 bits per heavy atom. The molecular formula is C26H29F2N9OS. The van der Waals surface area contributed by atoms with Crippen LogP contribution in [0, 0.1) is 0 Å². The van der Waals surface area contributed by atoms with Crippen LogP contribution in [-0.2, 0) is 12.5 Å². The van der Waals surface area contributed by atoms with E-state index in [1.807, 2.05) is 6.07 Å². The summed E-state index contributed by atoms with van der Waals surface area (Å²) in [5.41, 5.74) is 3.34. The highest BCUT2D eigenvalue weighted by Gasteiger charge is 2.30. The van der Waals surface area contributed by atoms with Crippen LogP contribution in [0.15, 0.2) is 30.0 Å². The van der Waals surface area contributed by atoms with Gasteiger partial charge in [-0.2, -0.15) is 10.1 Å². The smallest absolute Gasteiger partial charge is 0.269 e. The van der Waals surface area contributed by atoms with Crippen molar-refractivity contribution in [3.8, 4) is 11.5 Å². The van der Waals surface area contributed by atoms with Gasteiger partial charge in [-0.05, 0) is 20.0 Å². The first-order valence-electron chi connectivity index (χ1n) is 12.6. The maximum absolute atomic E-state index is 14.5. The van der Waals surface area contributed by atoms with Crippen molar-refractivity contribution in [2.45, 2.75) is 45.1 Å². The zero-order valence-corrected chi connectivity index (χ0v) is 23.1. The van der Waals surface area contributed by atoms with E-state index in [4.69, 9.17) is 9.84 Å². The fraction of sp³-hybridized carbons (Fsp3) is 0.423. The normalized spacial score (nSPS) is 16.7. The third kappa shape index (κ3) is 4.69. The van der Waals surface area contributed by atoms with Crippen LogP contribution < -0.4 is 10.1 Å². The lowest BCUT2D eigenvalue weighted by molar-refractivity contribution is 0.149. The van der Waals surface area contributed by atoms with E-state index in [1.165, 1.54) is 23.7 Å². The number of hydrogen-bond donors (Lipinski definition) is 1. The highest BCUT2D eigenvalue weighted by Crippen LogP contribution is 2.39. The molecule has 10 nitrogen and oxygen atoms in total. The average Bonchev–Trinajstić information content (AvgIpc) is 3.66. The van der Waals surface area contributed by atoms with Crippen molar-refractivity contribution >= 4 is 44.6 Å². The predicted octanol–water partition coefficient (Wildman–Crippen LogP) is 5.82. The number of rotatable bonds is 6. The summed E-state index contributed by atoms with van der Waals surface area (Å²) in [6.45, 7) is 8.40. The molecular weight excluding hydrogens is 524 g/mol. The summed E-state index contributed by atoms with van der Waals surface area (Å²) in [5, 5.41) is 8.12. The third-order valence-corrected chi connectivity index (χ3v) is 7.72. The molecule has 6 heterocycles. The summed E-state index contributed by atoms with van der Waals surface area (Å²) in [7, 11) is 3.78. The van der Waals surface area contributed by atoms with Gasteiger partial charge < -0.3 is 19.5 Å². The van der Waals surface area contributed by atoms with Gasteiger partial charge in [0.2, 0.25) is 5.95 Å². The Morgan fingerprint density at radius 2 is 1.95 bits per heavy atom. The van der Waals surface area contributed by atoms with Gasteiger partial charge in [0.05, 0.1) is 29.5 Å². The van der Waals surface area contributed by atoms with Crippen LogP contribution in [0.1, 0.15) is 50.9 Å². The molecule has 13 heteroatoms. The number of hydrogen-bond acceptors (Lipinski definition) is 9. The van der Waals surface area contributed by atoms with Crippen molar-refractivity contribution in [3.63, 3.8) is 0 Å². The van der Waals surface area contributed by atoms with Crippen molar-refractivity contribution < 1.29 is 13.5 Å². The number of imidazole rings is 1. The summed E-state index contributed by atoms with van der Waals surface area (Å²) in [6.07, 6.45) is 0.953. The SMILES string of the molecule is CN1CC[C@@H](n2nc(Nc3nc4ncc(Oc5cnc6scnc6c5)c(C(F)F)c4n3C)cc2C(C)(C)C)C1. The van der Waals surface area contributed by atoms with E-state index in [0.717, 1.165) is 30.0 Å². The molecule has 1 atom stereocenters. The number of likely N-dealkylation sites (N-methyl/N-ethyl adjacent to an activating group) is 1. The van der Waals surface area contributed by atoms with Crippen LogP contribution in [0.4, 0.5) is 20.5 Å². The van der Waals surface area contributed by atoms with Crippen LogP contribution in [0.2, 0.25) is 0 Å². The largest absolute Gasteiger partial charge is 0.453 e. The Kier molecular flexibility index (Phi) is 6.22. The first-order valence-corrected chi connectivity index (χ1v) is 13.5. The summed E-state index contributed by atoms with van der Waals surface area (Å²) in [5.74, 6) is 1.20. The molecule has 1 saturated heterocycles.